The molecule has 0 unspecified atom stereocenters. The van der Waals surface area contributed by atoms with E-state index < -0.39 is 0 Å². The van der Waals surface area contributed by atoms with Gasteiger partial charge in [-0.1, -0.05) is 0 Å². The average molecular weight is 331 g/mol. The largest absolute Gasteiger partial charge is 0.347 e. The first-order valence-electron chi connectivity index (χ1n) is 8.30. The molecule has 2 aromatic rings. The molecule has 0 aromatic carbocycles. The summed E-state index contributed by atoms with van der Waals surface area (Å²) in [5.41, 5.74) is 0.798. The quantitative estimate of drug-likeness (QED) is 0.859. The number of piperidine rings is 1. The van der Waals surface area contributed by atoms with E-state index in [9.17, 15) is 4.79 Å². The molecule has 6 nitrogen and oxygen atoms in total. The van der Waals surface area contributed by atoms with E-state index in [2.05, 4.69) is 14.3 Å². The van der Waals surface area contributed by atoms with Gasteiger partial charge in [0.05, 0.1) is 6.33 Å². The minimum atomic E-state index is 0.0839. The van der Waals surface area contributed by atoms with Crippen LogP contribution in [-0.4, -0.2) is 32.0 Å². The zero-order valence-corrected chi connectivity index (χ0v) is 14.1. The molecule has 0 amide bonds. The van der Waals surface area contributed by atoms with Gasteiger partial charge in [-0.3, -0.25) is 9.36 Å². The first-order chi connectivity index (χ1) is 11.2. The normalized spacial score (nSPS) is 19.3. The monoisotopic (exact) mass is 331 g/mol. The fourth-order valence-corrected chi connectivity index (χ4v) is 3.93. The van der Waals surface area contributed by atoms with Crippen molar-refractivity contribution in [2.24, 2.45) is 5.92 Å². The lowest BCUT2D eigenvalue weighted by atomic mass is 9.97. The van der Waals surface area contributed by atoms with Crippen molar-refractivity contribution in [3.05, 3.63) is 34.3 Å². The lowest BCUT2D eigenvalue weighted by molar-refractivity contribution is 0.350. The third-order valence-electron chi connectivity index (χ3n) is 4.79. The SMILES string of the molecule is Cc1cncn(CC2CCN(c3nc(C4CC4)ns3)CC2)c1=O. The summed E-state index contributed by atoms with van der Waals surface area (Å²) in [5.74, 6) is 2.20. The van der Waals surface area contributed by atoms with Crippen LogP contribution in [0.3, 0.4) is 0 Å². The molecule has 0 radical (unpaired) electrons. The molecular formula is C16H21N5OS. The second kappa shape index (κ2) is 6.03. The number of hydrogen-bond acceptors (Lipinski definition) is 6. The Balaban J connectivity index is 1.36. The van der Waals surface area contributed by atoms with Gasteiger partial charge in [0.2, 0.25) is 5.13 Å². The highest BCUT2D eigenvalue weighted by Crippen LogP contribution is 2.40. The maximum absolute atomic E-state index is 12.1. The average Bonchev–Trinajstić information content (AvgIpc) is 3.30. The molecule has 122 valence electrons. The minimum Gasteiger partial charge on any atom is -0.347 e. The van der Waals surface area contributed by atoms with Crippen LogP contribution in [0.4, 0.5) is 5.13 Å². The van der Waals surface area contributed by atoms with E-state index >= 15 is 0 Å². The molecule has 1 saturated heterocycles. The van der Waals surface area contributed by atoms with Crippen molar-refractivity contribution in [3.63, 3.8) is 0 Å². The summed E-state index contributed by atoms with van der Waals surface area (Å²) in [5, 5.41) is 1.07. The molecule has 2 aliphatic rings. The van der Waals surface area contributed by atoms with E-state index in [-0.39, 0.29) is 5.56 Å². The summed E-state index contributed by atoms with van der Waals surface area (Å²) < 4.78 is 6.25. The van der Waals surface area contributed by atoms with Crippen molar-refractivity contribution in [1.29, 1.82) is 0 Å². The molecule has 2 fully saturated rings. The predicted molar refractivity (Wildman–Crippen MR) is 90.1 cm³/mol. The molecule has 4 rings (SSSR count). The van der Waals surface area contributed by atoms with E-state index in [1.165, 1.54) is 24.4 Å². The fraction of sp³-hybridized carbons (Fsp3) is 0.625. The Morgan fingerprint density at radius 1 is 1.26 bits per heavy atom. The van der Waals surface area contributed by atoms with Gasteiger partial charge in [0.15, 0.2) is 0 Å². The third kappa shape index (κ3) is 3.15. The van der Waals surface area contributed by atoms with Crippen LogP contribution >= 0.6 is 11.5 Å². The molecule has 7 heteroatoms. The van der Waals surface area contributed by atoms with Crippen molar-refractivity contribution in [1.82, 2.24) is 18.9 Å². The van der Waals surface area contributed by atoms with Gasteiger partial charge in [0.25, 0.3) is 5.56 Å². The number of hydrogen-bond donors (Lipinski definition) is 0. The Hall–Kier alpha value is -1.76. The highest BCUT2D eigenvalue weighted by Gasteiger charge is 2.29. The summed E-state index contributed by atoms with van der Waals surface area (Å²) in [6.07, 6.45) is 7.95. The van der Waals surface area contributed by atoms with Crippen molar-refractivity contribution < 1.29 is 0 Å². The van der Waals surface area contributed by atoms with Gasteiger partial charge < -0.3 is 4.90 Å². The Bertz CT molecular complexity index is 743. The van der Waals surface area contributed by atoms with E-state index in [0.717, 1.165) is 43.4 Å². The summed E-state index contributed by atoms with van der Waals surface area (Å²) in [6, 6.07) is 0. The molecular weight excluding hydrogens is 310 g/mol. The maximum atomic E-state index is 12.1. The van der Waals surface area contributed by atoms with Crippen LogP contribution in [0.15, 0.2) is 17.3 Å². The molecule has 3 heterocycles. The van der Waals surface area contributed by atoms with Gasteiger partial charge in [-0.25, -0.2) is 9.97 Å². The molecule has 2 aromatic heterocycles. The van der Waals surface area contributed by atoms with Crippen molar-refractivity contribution in [2.45, 2.75) is 45.1 Å². The smallest absolute Gasteiger partial charge is 0.256 e. The van der Waals surface area contributed by atoms with Crippen LogP contribution < -0.4 is 10.5 Å². The fourth-order valence-electron chi connectivity index (χ4n) is 3.14. The summed E-state index contributed by atoms with van der Waals surface area (Å²) >= 11 is 1.53. The van der Waals surface area contributed by atoms with E-state index in [0.29, 0.717) is 17.4 Å². The third-order valence-corrected chi connectivity index (χ3v) is 5.58. The van der Waals surface area contributed by atoms with Gasteiger partial charge >= 0.3 is 0 Å². The summed E-state index contributed by atoms with van der Waals surface area (Å²) in [4.78, 5) is 23.3. The second-order valence-corrected chi connectivity index (χ2v) is 7.40. The Labute approximate surface area is 139 Å². The standard InChI is InChI=1S/C16H21N5OS/c1-11-8-17-10-21(15(11)22)9-12-4-6-20(7-5-12)16-18-14(19-23-16)13-2-3-13/h8,10,12-13H,2-7,9H2,1H3. The highest BCUT2D eigenvalue weighted by atomic mass is 32.1. The number of anilines is 1. The number of nitrogens with zero attached hydrogens (tertiary/aromatic N) is 5. The van der Waals surface area contributed by atoms with Crippen LogP contribution in [0.1, 0.15) is 43.0 Å². The van der Waals surface area contributed by atoms with E-state index in [4.69, 9.17) is 4.98 Å². The first kappa shape index (κ1) is 14.8. The predicted octanol–water partition coefficient (Wildman–Crippen LogP) is 2.20. The molecule has 0 bridgehead atoms. The van der Waals surface area contributed by atoms with E-state index in [1.54, 1.807) is 17.1 Å². The van der Waals surface area contributed by atoms with Gasteiger partial charge in [-0.2, -0.15) is 4.37 Å². The summed E-state index contributed by atoms with van der Waals surface area (Å²) in [7, 11) is 0. The number of aromatic nitrogens is 4. The molecule has 0 atom stereocenters. The van der Waals surface area contributed by atoms with Crippen LogP contribution in [0.25, 0.3) is 0 Å². The van der Waals surface area contributed by atoms with Crippen molar-refractivity contribution in [3.8, 4) is 0 Å². The lowest BCUT2D eigenvalue weighted by Crippen LogP contribution is -2.36. The Morgan fingerprint density at radius 2 is 2.04 bits per heavy atom. The zero-order valence-electron chi connectivity index (χ0n) is 13.3. The van der Waals surface area contributed by atoms with Crippen LogP contribution in [0, 0.1) is 12.8 Å². The molecule has 0 spiro atoms. The Kier molecular flexibility index (Phi) is 3.88. The van der Waals surface area contributed by atoms with E-state index in [1.807, 2.05) is 6.92 Å². The lowest BCUT2D eigenvalue weighted by Gasteiger charge is -2.31. The maximum Gasteiger partial charge on any atom is 0.256 e. The zero-order chi connectivity index (χ0) is 15.8. The molecule has 0 N–H and O–H groups in total. The van der Waals surface area contributed by atoms with Crippen LogP contribution in [0.5, 0.6) is 0 Å². The topological polar surface area (TPSA) is 63.9 Å². The summed E-state index contributed by atoms with van der Waals surface area (Å²) in [6.45, 7) is 4.59. The number of aryl methyl sites for hydroxylation is 1. The minimum absolute atomic E-state index is 0.0839. The van der Waals surface area contributed by atoms with Crippen molar-refractivity contribution in [2.75, 3.05) is 18.0 Å². The van der Waals surface area contributed by atoms with Crippen LogP contribution in [0.2, 0.25) is 0 Å². The first-order valence-corrected chi connectivity index (χ1v) is 9.07. The van der Waals surface area contributed by atoms with Crippen LogP contribution in [-0.2, 0) is 6.54 Å². The molecule has 1 aliphatic heterocycles. The van der Waals surface area contributed by atoms with Gasteiger partial charge in [-0.05, 0) is 38.5 Å². The van der Waals surface area contributed by atoms with Gasteiger partial charge in [0.1, 0.15) is 5.82 Å². The van der Waals surface area contributed by atoms with Gasteiger partial charge in [-0.15, -0.1) is 0 Å². The second-order valence-electron chi connectivity index (χ2n) is 6.67. The number of rotatable bonds is 4. The Morgan fingerprint density at radius 3 is 2.78 bits per heavy atom. The molecule has 23 heavy (non-hydrogen) atoms. The van der Waals surface area contributed by atoms with Crippen molar-refractivity contribution >= 4 is 16.7 Å². The molecule has 1 aliphatic carbocycles. The molecule has 1 saturated carbocycles. The highest BCUT2D eigenvalue weighted by molar-refractivity contribution is 7.09. The van der Waals surface area contributed by atoms with Gasteiger partial charge in [0, 0.05) is 48.8 Å².